The summed E-state index contributed by atoms with van der Waals surface area (Å²) in [6.07, 6.45) is 7.29. The van der Waals surface area contributed by atoms with E-state index in [2.05, 4.69) is 35.5 Å². The molecular formula is C21H17N7O. The van der Waals surface area contributed by atoms with E-state index in [1.165, 1.54) is 0 Å². The summed E-state index contributed by atoms with van der Waals surface area (Å²) in [6.45, 7) is 1.81. The standard InChI is InChI=1S/C21H17N7O/c1-2-18(29)25-15-6-13(9-22-11-15)14-7-16-19(27-28-21(16)24-10-14)17-8-12-4-3-5-23-20(12)26-17/h3-11H,2H2,1H3,(H,23,26)(H,25,29)(H,24,27,28). The van der Waals surface area contributed by atoms with Gasteiger partial charge in [-0.25, -0.2) is 9.97 Å². The number of nitrogens with one attached hydrogen (secondary N) is 3. The molecule has 1 amide bonds. The van der Waals surface area contributed by atoms with Crippen molar-refractivity contribution in [3.63, 3.8) is 0 Å². The van der Waals surface area contributed by atoms with E-state index in [9.17, 15) is 4.79 Å². The summed E-state index contributed by atoms with van der Waals surface area (Å²) in [6, 6.07) is 9.84. The van der Waals surface area contributed by atoms with Crippen molar-refractivity contribution in [3.05, 3.63) is 55.1 Å². The quantitative estimate of drug-likeness (QED) is 0.435. The monoisotopic (exact) mass is 383 g/mol. The second-order valence-electron chi connectivity index (χ2n) is 6.68. The molecule has 0 radical (unpaired) electrons. The highest BCUT2D eigenvalue weighted by Gasteiger charge is 2.13. The number of carbonyl (C=O) groups excluding carboxylic acids is 1. The Hall–Kier alpha value is -4.07. The van der Waals surface area contributed by atoms with Crippen molar-refractivity contribution in [1.29, 1.82) is 0 Å². The molecule has 0 fully saturated rings. The number of hydrogen-bond donors (Lipinski definition) is 3. The topological polar surface area (TPSA) is 112 Å². The molecule has 0 unspecified atom stereocenters. The molecule has 5 aromatic heterocycles. The van der Waals surface area contributed by atoms with Crippen LogP contribution in [0.3, 0.4) is 0 Å². The molecule has 5 heterocycles. The highest BCUT2D eigenvalue weighted by atomic mass is 16.1. The summed E-state index contributed by atoms with van der Waals surface area (Å²) in [5.74, 6) is -0.0536. The maximum atomic E-state index is 11.7. The number of amides is 1. The van der Waals surface area contributed by atoms with Crippen LogP contribution in [-0.4, -0.2) is 36.0 Å². The molecule has 0 aliphatic heterocycles. The molecule has 29 heavy (non-hydrogen) atoms. The highest BCUT2D eigenvalue weighted by Crippen LogP contribution is 2.30. The third kappa shape index (κ3) is 3.10. The number of carbonyl (C=O) groups is 1. The predicted molar refractivity (Wildman–Crippen MR) is 111 cm³/mol. The fourth-order valence-corrected chi connectivity index (χ4v) is 3.27. The number of hydrogen-bond acceptors (Lipinski definition) is 5. The van der Waals surface area contributed by atoms with Gasteiger partial charge in [-0.15, -0.1) is 0 Å². The molecule has 0 spiro atoms. The zero-order valence-corrected chi connectivity index (χ0v) is 15.6. The molecule has 0 saturated carbocycles. The average Bonchev–Trinajstić information content (AvgIpc) is 3.37. The number of H-pyrrole nitrogens is 2. The molecule has 0 saturated heterocycles. The molecule has 0 aliphatic carbocycles. The van der Waals surface area contributed by atoms with Gasteiger partial charge in [0.2, 0.25) is 5.91 Å². The summed E-state index contributed by atoms with van der Waals surface area (Å²) < 4.78 is 0. The lowest BCUT2D eigenvalue weighted by molar-refractivity contribution is -0.115. The lowest BCUT2D eigenvalue weighted by atomic mass is 10.1. The van der Waals surface area contributed by atoms with Crippen molar-refractivity contribution in [2.75, 3.05) is 5.32 Å². The second kappa shape index (κ2) is 6.83. The van der Waals surface area contributed by atoms with Gasteiger partial charge in [0, 0.05) is 46.9 Å². The fraction of sp³-hybridized carbons (Fsp3) is 0.0952. The summed E-state index contributed by atoms with van der Waals surface area (Å²) >= 11 is 0. The van der Waals surface area contributed by atoms with Crippen molar-refractivity contribution in [2.45, 2.75) is 13.3 Å². The molecule has 8 nitrogen and oxygen atoms in total. The normalized spacial score (nSPS) is 11.2. The van der Waals surface area contributed by atoms with E-state index in [1.54, 1.807) is 24.8 Å². The van der Waals surface area contributed by atoms with Crippen LogP contribution < -0.4 is 5.32 Å². The van der Waals surface area contributed by atoms with E-state index in [0.29, 0.717) is 17.8 Å². The highest BCUT2D eigenvalue weighted by molar-refractivity contribution is 5.95. The van der Waals surface area contributed by atoms with Crippen LogP contribution in [0.25, 0.3) is 44.6 Å². The Labute approximate surface area is 165 Å². The van der Waals surface area contributed by atoms with Crippen LogP contribution in [0, 0.1) is 0 Å². The summed E-state index contributed by atoms with van der Waals surface area (Å²) in [5, 5.41) is 12.1. The number of aromatic nitrogens is 6. The maximum absolute atomic E-state index is 11.7. The molecule has 0 aliphatic rings. The van der Waals surface area contributed by atoms with Gasteiger partial charge in [0.15, 0.2) is 5.65 Å². The van der Waals surface area contributed by atoms with Crippen LogP contribution in [0.5, 0.6) is 0 Å². The Kier molecular flexibility index (Phi) is 4.02. The van der Waals surface area contributed by atoms with Gasteiger partial charge in [0.1, 0.15) is 5.65 Å². The van der Waals surface area contributed by atoms with Gasteiger partial charge >= 0.3 is 0 Å². The molecule has 8 heteroatoms. The van der Waals surface area contributed by atoms with E-state index < -0.39 is 0 Å². The SMILES string of the molecule is CCC(=O)Nc1cncc(-c2cnc3n[nH]c(-c4cc5cccnc5[nH]4)c3c2)c1. The molecule has 5 rings (SSSR count). The van der Waals surface area contributed by atoms with Crippen molar-refractivity contribution in [2.24, 2.45) is 0 Å². The lowest BCUT2D eigenvalue weighted by Crippen LogP contribution is -2.09. The molecule has 3 N–H and O–H groups in total. The number of pyridine rings is 3. The molecule has 5 aromatic rings. The Morgan fingerprint density at radius 3 is 2.86 bits per heavy atom. The number of fused-ring (bicyclic) bond motifs is 2. The number of nitrogens with zero attached hydrogens (tertiary/aromatic N) is 4. The predicted octanol–water partition coefficient (Wildman–Crippen LogP) is 3.91. The molecule has 0 bridgehead atoms. The van der Waals surface area contributed by atoms with E-state index in [4.69, 9.17) is 0 Å². The Morgan fingerprint density at radius 2 is 2.00 bits per heavy atom. The minimum Gasteiger partial charge on any atom is -0.338 e. The van der Waals surface area contributed by atoms with E-state index in [-0.39, 0.29) is 5.91 Å². The first-order valence-electron chi connectivity index (χ1n) is 9.25. The first-order chi connectivity index (χ1) is 14.2. The minimum atomic E-state index is -0.0536. The minimum absolute atomic E-state index is 0.0536. The van der Waals surface area contributed by atoms with Crippen LogP contribution in [0.1, 0.15) is 13.3 Å². The van der Waals surface area contributed by atoms with Gasteiger partial charge < -0.3 is 10.3 Å². The summed E-state index contributed by atoms with van der Waals surface area (Å²) in [7, 11) is 0. The van der Waals surface area contributed by atoms with Gasteiger partial charge in [-0.05, 0) is 30.3 Å². The van der Waals surface area contributed by atoms with Crippen molar-refractivity contribution < 1.29 is 4.79 Å². The van der Waals surface area contributed by atoms with E-state index in [0.717, 1.165) is 38.9 Å². The van der Waals surface area contributed by atoms with Crippen LogP contribution in [0.4, 0.5) is 5.69 Å². The maximum Gasteiger partial charge on any atom is 0.224 e. The third-order valence-corrected chi connectivity index (χ3v) is 4.75. The zero-order valence-electron chi connectivity index (χ0n) is 15.6. The first-order valence-corrected chi connectivity index (χ1v) is 9.25. The first kappa shape index (κ1) is 17.1. The van der Waals surface area contributed by atoms with E-state index in [1.807, 2.05) is 37.3 Å². The Morgan fingerprint density at radius 1 is 1.10 bits per heavy atom. The number of anilines is 1. The van der Waals surface area contributed by atoms with E-state index >= 15 is 0 Å². The second-order valence-corrected chi connectivity index (χ2v) is 6.68. The van der Waals surface area contributed by atoms with Crippen molar-refractivity contribution >= 4 is 33.7 Å². The van der Waals surface area contributed by atoms with Crippen molar-refractivity contribution in [1.82, 2.24) is 30.1 Å². The van der Waals surface area contributed by atoms with Gasteiger partial charge in [-0.2, -0.15) is 5.10 Å². The largest absolute Gasteiger partial charge is 0.338 e. The number of aromatic amines is 2. The summed E-state index contributed by atoms with van der Waals surface area (Å²) in [5.41, 5.74) is 5.58. The van der Waals surface area contributed by atoms with Gasteiger partial charge in [-0.1, -0.05) is 6.92 Å². The van der Waals surface area contributed by atoms with Crippen LogP contribution >= 0.6 is 0 Å². The fourth-order valence-electron chi connectivity index (χ4n) is 3.27. The smallest absolute Gasteiger partial charge is 0.224 e. The van der Waals surface area contributed by atoms with Gasteiger partial charge in [0.25, 0.3) is 0 Å². The molecule has 142 valence electrons. The van der Waals surface area contributed by atoms with Gasteiger partial charge in [-0.3, -0.25) is 14.9 Å². The van der Waals surface area contributed by atoms with Crippen LogP contribution in [0.15, 0.2) is 55.1 Å². The van der Waals surface area contributed by atoms with Crippen LogP contribution in [-0.2, 0) is 4.79 Å². The summed E-state index contributed by atoms with van der Waals surface area (Å²) in [4.78, 5) is 28.1. The zero-order chi connectivity index (χ0) is 19.8. The third-order valence-electron chi connectivity index (χ3n) is 4.75. The van der Waals surface area contributed by atoms with Crippen molar-refractivity contribution in [3.8, 4) is 22.5 Å². The van der Waals surface area contributed by atoms with Gasteiger partial charge in [0.05, 0.1) is 23.3 Å². The number of rotatable bonds is 4. The lowest BCUT2D eigenvalue weighted by Gasteiger charge is -2.06. The Balaban J connectivity index is 1.58. The average molecular weight is 383 g/mol. The molecule has 0 aromatic carbocycles. The van der Waals surface area contributed by atoms with Crippen LogP contribution in [0.2, 0.25) is 0 Å². The molecular weight excluding hydrogens is 366 g/mol. The molecule has 0 atom stereocenters. The Bertz CT molecular complexity index is 1320.